The first-order valence-electron chi connectivity index (χ1n) is 5.95. The van der Waals surface area contributed by atoms with E-state index in [4.69, 9.17) is 5.84 Å². The van der Waals surface area contributed by atoms with Crippen molar-refractivity contribution in [3.05, 3.63) is 12.7 Å². The van der Waals surface area contributed by atoms with Gasteiger partial charge >= 0.3 is 0 Å². The molecule has 0 aliphatic heterocycles. The molecule has 80 valence electrons. The number of fused-ring (bicyclic) bond motifs is 1. The van der Waals surface area contributed by atoms with Gasteiger partial charge in [-0.3, -0.25) is 11.3 Å². The molecule has 2 aliphatic carbocycles. The Labute approximate surface area is 86.9 Å². The molecule has 2 aliphatic rings. The standard InChI is InChI=1S/C12H22N2/c1-2-3-4-8-11(14-13)12-9-6-5-7-10(9)12/h2,9-12,14H,1,3-8,13H2. The van der Waals surface area contributed by atoms with Crippen molar-refractivity contribution < 1.29 is 0 Å². The highest BCUT2D eigenvalue weighted by atomic mass is 15.2. The van der Waals surface area contributed by atoms with Crippen LogP contribution in [0.1, 0.15) is 38.5 Å². The Balaban J connectivity index is 1.74. The zero-order valence-corrected chi connectivity index (χ0v) is 8.91. The number of hydrazine groups is 1. The summed E-state index contributed by atoms with van der Waals surface area (Å²) in [5.74, 6) is 8.55. The summed E-state index contributed by atoms with van der Waals surface area (Å²) in [5.41, 5.74) is 3.02. The largest absolute Gasteiger partial charge is 0.271 e. The Morgan fingerprint density at radius 1 is 1.43 bits per heavy atom. The highest BCUT2D eigenvalue weighted by molar-refractivity contribution is 5.05. The van der Waals surface area contributed by atoms with Crippen LogP contribution in [0.15, 0.2) is 12.7 Å². The summed E-state index contributed by atoms with van der Waals surface area (Å²) in [6, 6.07) is 0.574. The normalized spacial score (nSPS) is 36.5. The topological polar surface area (TPSA) is 38.0 Å². The van der Waals surface area contributed by atoms with Crippen LogP contribution in [-0.4, -0.2) is 6.04 Å². The lowest BCUT2D eigenvalue weighted by Gasteiger charge is -2.17. The van der Waals surface area contributed by atoms with Crippen molar-refractivity contribution in [3.8, 4) is 0 Å². The van der Waals surface area contributed by atoms with E-state index in [-0.39, 0.29) is 0 Å². The number of allylic oxidation sites excluding steroid dienone is 1. The van der Waals surface area contributed by atoms with Crippen LogP contribution in [0.5, 0.6) is 0 Å². The smallest absolute Gasteiger partial charge is 0.0244 e. The van der Waals surface area contributed by atoms with E-state index in [0.29, 0.717) is 6.04 Å². The fourth-order valence-corrected chi connectivity index (χ4v) is 3.34. The van der Waals surface area contributed by atoms with Gasteiger partial charge in [-0.1, -0.05) is 12.5 Å². The summed E-state index contributed by atoms with van der Waals surface area (Å²) in [7, 11) is 0. The summed E-state index contributed by atoms with van der Waals surface area (Å²) in [6.45, 7) is 3.75. The highest BCUT2D eigenvalue weighted by Crippen LogP contribution is 2.59. The predicted molar refractivity (Wildman–Crippen MR) is 59.5 cm³/mol. The Morgan fingerprint density at radius 2 is 2.14 bits per heavy atom. The lowest BCUT2D eigenvalue weighted by atomic mass is 9.99. The maximum atomic E-state index is 5.62. The Kier molecular flexibility index (Phi) is 3.24. The molecule has 3 unspecified atom stereocenters. The van der Waals surface area contributed by atoms with Crippen LogP contribution in [0.25, 0.3) is 0 Å². The lowest BCUT2D eigenvalue weighted by molar-refractivity contribution is 0.384. The molecular formula is C12H22N2. The van der Waals surface area contributed by atoms with Gasteiger partial charge in [-0.05, 0) is 49.9 Å². The number of unbranched alkanes of at least 4 members (excludes halogenated alkanes) is 1. The van der Waals surface area contributed by atoms with Crippen LogP contribution in [0, 0.1) is 17.8 Å². The fraction of sp³-hybridized carbons (Fsp3) is 0.833. The monoisotopic (exact) mass is 194 g/mol. The van der Waals surface area contributed by atoms with Gasteiger partial charge in [0.15, 0.2) is 0 Å². The molecule has 0 amide bonds. The van der Waals surface area contributed by atoms with Crippen LogP contribution >= 0.6 is 0 Å². The zero-order chi connectivity index (χ0) is 9.97. The van der Waals surface area contributed by atoms with Crippen molar-refractivity contribution in [3.63, 3.8) is 0 Å². The van der Waals surface area contributed by atoms with Crippen LogP contribution in [0.2, 0.25) is 0 Å². The van der Waals surface area contributed by atoms with Gasteiger partial charge in [-0.2, -0.15) is 0 Å². The van der Waals surface area contributed by atoms with Crippen LogP contribution < -0.4 is 11.3 Å². The summed E-state index contributed by atoms with van der Waals surface area (Å²) in [6.07, 6.45) is 9.94. The van der Waals surface area contributed by atoms with Gasteiger partial charge in [0.1, 0.15) is 0 Å². The average Bonchev–Trinajstić information content (AvgIpc) is 2.69. The van der Waals surface area contributed by atoms with Crippen molar-refractivity contribution >= 4 is 0 Å². The van der Waals surface area contributed by atoms with Gasteiger partial charge in [-0.15, -0.1) is 6.58 Å². The quantitative estimate of drug-likeness (QED) is 0.294. The van der Waals surface area contributed by atoms with E-state index in [0.717, 1.165) is 24.2 Å². The summed E-state index contributed by atoms with van der Waals surface area (Å²) in [5, 5.41) is 0. The fourth-order valence-electron chi connectivity index (χ4n) is 3.34. The second kappa shape index (κ2) is 4.45. The summed E-state index contributed by atoms with van der Waals surface area (Å²) >= 11 is 0. The van der Waals surface area contributed by atoms with Crippen LogP contribution in [0.3, 0.4) is 0 Å². The molecule has 0 aromatic rings. The Morgan fingerprint density at radius 3 is 2.71 bits per heavy atom. The van der Waals surface area contributed by atoms with Gasteiger partial charge in [-0.25, -0.2) is 0 Å². The van der Waals surface area contributed by atoms with Crippen molar-refractivity contribution in [2.45, 2.75) is 44.6 Å². The van der Waals surface area contributed by atoms with Gasteiger partial charge in [0.25, 0.3) is 0 Å². The second-order valence-corrected chi connectivity index (χ2v) is 4.83. The summed E-state index contributed by atoms with van der Waals surface area (Å²) < 4.78 is 0. The first-order valence-corrected chi connectivity index (χ1v) is 5.95. The van der Waals surface area contributed by atoms with E-state index >= 15 is 0 Å². The maximum Gasteiger partial charge on any atom is 0.0244 e. The first kappa shape index (κ1) is 10.2. The number of hydrogen-bond acceptors (Lipinski definition) is 2. The molecule has 2 nitrogen and oxygen atoms in total. The molecule has 2 heteroatoms. The lowest BCUT2D eigenvalue weighted by Crippen LogP contribution is -2.37. The molecule has 0 spiro atoms. The van der Waals surface area contributed by atoms with E-state index in [9.17, 15) is 0 Å². The Bertz CT molecular complexity index is 192. The number of rotatable bonds is 6. The highest BCUT2D eigenvalue weighted by Gasteiger charge is 2.55. The molecule has 0 saturated heterocycles. The number of nitrogens with one attached hydrogen (secondary N) is 1. The molecule has 3 atom stereocenters. The SMILES string of the molecule is C=CCCCC(NN)C1C2CCCC21. The molecule has 0 aromatic carbocycles. The third-order valence-electron chi connectivity index (χ3n) is 4.07. The van der Waals surface area contributed by atoms with Gasteiger partial charge < -0.3 is 0 Å². The third-order valence-corrected chi connectivity index (χ3v) is 4.07. The number of hydrogen-bond donors (Lipinski definition) is 2. The minimum atomic E-state index is 0.574. The molecule has 0 aromatic heterocycles. The molecule has 14 heavy (non-hydrogen) atoms. The van der Waals surface area contributed by atoms with E-state index in [2.05, 4.69) is 12.0 Å². The van der Waals surface area contributed by atoms with Gasteiger partial charge in [0.2, 0.25) is 0 Å². The van der Waals surface area contributed by atoms with E-state index in [1.807, 2.05) is 6.08 Å². The Hall–Kier alpha value is -0.340. The molecule has 2 saturated carbocycles. The molecule has 0 radical (unpaired) electrons. The van der Waals surface area contributed by atoms with E-state index in [1.54, 1.807) is 0 Å². The second-order valence-electron chi connectivity index (χ2n) is 4.83. The zero-order valence-electron chi connectivity index (χ0n) is 8.91. The minimum absolute atomic E-state index is 0.574. The number of nitrogens with two attached hydrogens (primary N) is 1. The van der Waals surface area contributed by atoms with Gasteiger partial charge in [0.05, 0.1) is 0 Å². The van der Waals surface area contributed by atoms with E-state index < -0.39 is 0 Å². The van der Waals surface area contributed by atoms with E-state index in [1.165, 1.54) is 32.1 Å². The van der Waals surface area contributed by atoms with Crippen molar-refractivity contribution in [1.29, 1.82) is 0 Å². The predicted octanol–water partition coefficient (Wildman–Crippen LogP) is 2.22. The summed E-state index contributed by atoms with van der Waals surface area (Å²) in [4.78, 5) is 0. The molecule has 0 heterocycles. The average molecular weight is 194 g/mol. The van der Waals surface area contributed by atoms with Crippen LogP contribution in [0.4, 0.5) is 0 Å². The first-order chi connectivity index (χ1) is 6.88. The van der Waals surface area contributed by atoms with Crippen molar-refractivity contribution in [2.75, 3.05) is 0 Å². The molecule has 3 N–H and O–H groups in total. The van der Waals surface area contributed by atoms with Crippen molar-refractivity contribution in [2.24, 2.45) is 23.6 Å². The molecule has 2 rings (SSSR count). The third kappa shape index (κ3) is 1.86. The molecule has 0 bridgehead atoms. The molecular weight excluding hydrogens is 172 g/mol. The van der Waals surface area contributed by atoms with Crippen LogP contribution in [-0.2, 0) is 0 Å². The maximum absolute atomic E-state index is 5.62. The van der Waals surface area contributed by atoms with Crippen molar-refractivity contribution in [1.82, 2.24) is 5.43 Å². The molecule has 2 fully saturated rings. The van der Waals surface area contributed by atoms with Gasteiger partial charge in [0, 0.05) is 6.04 Å². The minimum Gasteiger partial charge on any atom is -0.271 e.